The lowest BCUT2D eigenvalue weighted by Crippen LogP contribution is -2.39. The molecule has 0 fully saturated rings. The highest BCUT2D eigenvalue weighted by Crippen LogP contribution is 2.26. The van der Waals surface area contributed by atoms with Crippen LogP contribution in [0, 0.1) is 5.92 Å². The number of nitrogen functional groups attached to an aromatic ring is 1. The average molecular weight is 390 g/mol. The fourth-order valence-electron chi connectivity index (χ4n) is 2.77. The molecule has 0 saturated heterocycles. The third-order valence-corrected chi connectivity index (χ3v) is 4.29. The molecule has 1 heterocycles. The van der Waals surface area contributed by atoms with Crippen molar-refractivity contribution in [1.82, 2.24) is 20.6 Å². The number of nitrogens with two attached hydrogens (primary N) is 1. The van der Waals surface area contributed by atoms with E-state index in [2.05, 4.69) is 26.7 Å². The summed E-state index contributed by atoms with van der Waals surface area (Å²) in [6.45, 7) is 9.43. The van der Waals surface area contributed by atoms with Gasteiger partial charge in [-0.3, -0.25) is 4.79 Å². The highest BCUT2D eigenvalue weighted by atomic mass is 16.6. The third-order valence-electron chi connectivity index (χ3n) is 4.29. The minimum atomic E-state index is -0.513. The van der Waals surface area contributed by atoms with E-state index in [1.165, 1.54) is 0 Å². The summed E-state index contributed by atoms with van der Waals surface area (Å²) in [4.78, 5) is 32.5. The Morgan fingerprint density at radius 1 is 1.36 bits per heavy atom. The quantitative estimate of drug-likeness (QED) is 0.712. The molecule has 1 atom stereocenters. The van der Waals surface area contributed by atoms with Crippen LogP contribution in [0.3, 0.4) is 0 Å². The molecule has 0 spiro atoms. The molecule has 0 bridgehead atoms. The number of amides is 2. The minimum absolute atomic E-state index is 0.0325. The van der Waals surface area contributed by atoms with Crippen molar-refractivity contribution in [2.24, 2.45) is 5.92 Å². The summed E-state index contributed by atoms with van der Waals surface area (Å²) >= 11 is 0. The summed E-state index contributed by atoms with van der Waals surface area (Å²) in [5.41, 5.74) is 7.76. The predicted octanol–water partition coefficient (Wildman–Crippen LogP) is 2.79. The zero-order valence-electron chi connectivity index (χ0n) is 17.3. The van der Waals surface area contributed by atoms with Gasteiger partial charge in [-0.1, -0.05) is 19.9 Å². The number of aromatic nitrogens is 2. The van der Waals surface area contributed by atoms with Crippen LogP contribution in [0.1, 0.15) is 65.3 Å². The van der Waals surface area contributed by atoms with Gasteiger partial charge in [-0.2, -0.15) is 0 Å². The lowest BCUT2D eigenvalue weighted by atomic mass is 9.93. The Morgan fingerprint density at radius 2 is 2.07 bits per heavy atom. The summed E-state index contributed by atoms with van der Waals surface area (Å²) in [7, 11) is 0. The number of rotatable bonds is 5. The molecular weight excluding hydrogens is 358 g/mol. The zero-order valence-corrected chi connectivity index (χ0v) is 17.3. The molecule has 0 saturated carbocycles. The van der Waals surface area contributed by atoms with Gasteiger partial charge >= 0.3 is 6.09 Å². The predicted molar refractivity (Wildman–Crippen MR) is 108 cm³/mol. The monoisotopic (exact) mass is 389 g/mol. The van der Waals surface area contributed by atoms with Gasteiger partial charge in [0, 0.05) is 12.0 Å². The molecule has 1 aliphatic carbocycles. The molecule has 154 valence electrons. The van der Waals surface area contributed by atoms with E-state index in [1.54, 1.807) is 6.20 Å². The second-order valence-corrected chi connectivity index (χ2v) is 8.31. The lowest BCUT2D eigenvalue weighted by molar-refractivity contribution is -0.124. The van der Waals surface area contributed by atoms with E-state index in [4.69, 9.17) is 10.5 Å². The van der Waals surface area contributed by atoms with E-state index >= 15 is 0 Å². The van der Waals surface area contributed by atoms with Crippen molar-refractivity contribution in [2.75, 3.05) is 5.73 Å². The number of anilines is 1. The highest BCUT2D eigenvalue weighted by molar-refractivity contribution is 5.77. The number of nitrogens with one attached hydrogen (secondary N) is 2. The second-order valence-electron chi connectivity index (χ2n) is 8.31. The van der Waals surface area contributed by atoms with Crippen LogP contribution in [0.25, 0.3) is 5.57 Å². The number of alkyl carbamates (subject to hydrolysis) is 1. The first-order valence-corrected chi connectivity index (χ1v) is 9.63. The molecule has 2 amide bonds. The maximum absolute atomic E-state index is 11.9. The Morgan fingerprint density at radius 3 is 2.64 bits per heavy atom. The van der Waals surface area contributed by atoms with Gasteiger partial charge in [0.1, 0.15) is 17.1 Å². The van der Waals surface area contributed by atoms with Gasteiger partial charge in [0.05, 0.1) is 18.4 Å². The minimum Gasteiger partial charge on any atom is -0.444 e. The Kier molecular flexibility index (Phi) is 6.99. The molecule has 0 aromatic carbocycles. The van der Waals surface area contributed by atoms with Gasteiger partial charge in [0.15, 0.2) is 0 Å². The van der Waals surface area contributed by atoms with Crippen molar-refractivity contribution in [3.8, 4) is 0 Å². The maximum Gasteiger partial charge on any atom is 0.407 e. The van der Waals surface area contributed by atoms with Gasteiger partial charge < -0.3 is 21.1 Å². The third kappa shape index (κ3) is 6.51. The van der Waals surface area contributed by atoms with Crippen LogP contribution in [0.15, 0.2) is 12.3 Å². The van der Waals surface area contributed by atoms with Gasteiger partial charge in [0.2, 0.25) is 5.91 Å². The van der Waals surface area contributed by atoms with Crippen LogP contribution in [-0.4, -0.2) is 33.6 Å². The molecule has 0 radical (unpaired) electrons. The van der Waals surface area contributed by atoms with Gasteiger partial charge in [-0.25, -0.2) is 14.8 Å². The smallest absolute Gasteiger partial charge is 0.407 e. The molecule has 2 rings (SSSR count). The summed E-state index contributed by atoms with van der Waals surface area (Å²) in [6.07, 6.45) is 5.55. The normalized spacial score (nSPS) is 17.1. The largest absolute Gasteiger partial charge is 0.444 e. The fourth-order valence-corrected chi connectivity index (χ4v) is 2.77. The van der Waals surface area contributed by atoms with Crippen LogP contribution in [0.5, 0.6) is 0 Å². The van der Waals surface area contributed by atoms with Gasteiger partial charge in [0.25, 0.3) is 0 Å². The average Bonchev–Trinajstić information content (AvgIpc) is 2.59. The van der Waals surface area contributed by atoms with E-state index in [1.807, 2.05) is 34.6 Å². The summed E-state index contributed by atoms with van der Waals surface area (Å²) < 4.78 is 5.30. The molecule has 28 heavy (non-hydrogen) atoms. The number of allylic oxidation sites excluding steroid dienone is 1. The molecule has 1 unspecified atom stereocenters. The van der Waals surface area contributed by atoms with Crippen LogP contribution >= 0.6 is 0 Å². The fraction of sp³-hybridized carbons (Fsp3) is 0.600. The standard InChI is InChI=1S/C20H31N5O3/c1-12(2)18(26)23-11-16-17(21)22-10-15(25-16)13-6-8-14(9-7-13)24-19(27)28-20(3,4)5/h6,10,12,14H,7-9,11H2,1-5H3,(H2,21,22)(H,23,26)(H,24,27). The summed E-state index contributed by atoms with van der Waals surface area (Å²) in [5.74, 6) is 0.154. The Hall–Kier alpha value is -2.64. The zero-order chi connectivity index (χ0) is 20.9. The molecule has 1 aliphatic rings. The van der Waals surface area contributed by atoms with Crippen molar-refractivity contribution in [2.45, 2.75) is 72.1 Å². The summed E-state index contributed by atoms with van der Waals surface area (Å²) in [6, 6.07) is 0.0325. The first-order valence-electron chi connectivity index (χ1n) is 9.63. The van der Waals surface area contributed by atoms with Gasteiger partial charge in [-0.05, 0) is 45.6 Å². The van der Waals surface area contributed by atoms with E-state index in [9.17, 15) is 9.59 Å². The highest BCUT2D eigenvalue weighted by Gasteiger charge is 2.22. The van der Waals surface area contributed by atoms with Crippen molar-refractivity contribution in [1.29, 1.82) is 0 Å². The van der Waals surface area contributed by atoms with Gasteiger partial charge in [-0.15, -0.1) is 0 Å². The van der Waals surface area contributed by atoms with Crippen molar-refractivity contribution < 1.29 is 14.3 Å². The molecule has 8 nitrogen and oxygen atoms in total. The Balaban J connectivity index is 1.99. The maximum atomic E-state index is 11.9. The molecule has 0 aliphatic heterocycles. The number of ether oxygens (including phenoxy) is 1. The number of hydrogen-bond donors (Lipinski definition) is 3. The molecular formula is C20H31N5O3. The molecule has 4 N–H and O–H groups in total. The van der Waals surface area contributed by atoms with Crippen LogP contribution < -0.4 is 16.4 Å². The SMILES string of the molecule is CC(C)C(=O)NCc1nc(C2=CCC(NC(=O)OC(C)(C)C)CC2)cnc1N. The number of nitrogens with zero attached hydrogens (tertiary/aromatic N) is 2. The van der Waals surface area contributed by atoms with E-state index in [0.717, 1.165) is 24.1 Å². The second kappa shape index (κ2) is 9.03. The number of carbonyl (C=O) groups is 2. The van der Waals surface area contributed by atoms with Crippen LogP contribution in [0.2, 0.25) is 0 Å². The number of hydrogen-bond acceptors (Lipinski definition) is 6. The van der Waals surface area contributed by atoms with E-state index < -0.39 is 11.7 Å². The number of carbonyl (C=O) groups excluding carboxylic acids is 2. The Bertz CT molecular complexity index is 753. The Labute approximate surface area is 166 Å². The van der Waals surface area contributed by atoms with Crippen molar-refractivity contribution in [3.63, 3.8) is 0 Å². The van der Waals surface area contributed by atoms with Crippen LogP contribution in [-0.2, 0) is 16.1 Å². The molecule has 1 aromatic rings. The molecule has 8 heteroatoms. The molecule has 1 aromatic heterocycles. The van der Waals surface area contributed by atoms with E-state index in [-0.39, 0.29) is 24.4 Å². The lowest BCUT2D eigenvalue weighted by Gasteiger charge is -2.25. The van der Waals surface area contributed by atoms with Crippen LogP contribution in [0.4, 0.5) is 10.6 Å². The van der Waals surface area contributed by atoms with Crippen molar-refractivity contribution >= 4 is 23.4 Å². The van der Waals surface area contributed by atoms with E-state index in [0.29, 0.717) is 17.9 Å². The summed E-state index contributed by atoms with van der Waals surface area (Å²) in [5, 5.41) is 5.72. The van der Waals surface area contributed by atoms with Crippen molar-refractivity contribution in [3.05, 3.63) is 23.7 Å². The topological polar surface area (TPSA) is 119 Å². The first-order chi connectivity index (χ1) is 13.0. The first kappa shape index (κ1) is 21.7.